The molecule has 0 saturated heterocycles. The summed E-state index contributed by atoms with van der Waals surface area (Å²) in [5, 5.41) is 11.1. The van der Waals surface area contributed by atoms with Crippen LogP contribution in [0.25, 0.3) is 0 Å². The van der Waals surface area contributed by atoms with Crippen LogP contribution in [-0.2, 0) is 19.6 Å². The van der Waals surface area contributed by atoms with Gasteiger partial charge in [0.05, 0.1) is 10.5 Å². The van der Waals surface area contributed by atoms with Crippen molar-refractivity contribution in [3.05, 3.63) is 71.9 Å². The minimum Gasteiger partial charge on any atom is -0.329 e. The zero-order chi connectivity index (χ0) is 24.9. The maximum atomic E-state index is 12.7. The first-order chi connectivity index (χ1) is 14.8. The molecule has 10 heteroatoms. The number of sulfonamides is 1. The van der Waals surface area contributed by atoms with Gasteiger partial charge in [0.2, 0.25) is 10.0 Å². The van der Waals surface area contributed by atoms with Crippen molar-refractivity contribution in [2.75, 3.05) is 0 Å². The molecule has 0 aliphatic heterocycles. The van der Waals surface area contributed by atoms with E-state index in [-0.39, 0.29) is 10.8 Å². The van der Waals surface area contributed by atoms with E-state index >= 15 is 0 Å². The summed E-state index contributed by atoms with van der Waals surface area (Å²) in [6, 6.07) is 0. The molecule has 0 heterocycles. The van der Waals surface area contributed by atoms with Crippen LogP contribution >= 0.6 is 0 Å². The molecule has 9 nitrogen and oxygen atoms in total. The molecule has 4 N–H and O–H groups in total. The summed E-state index contributed by atoms with van der Waals surface area (Å²) < 4.78 is 27.8. The summed E-state index contributed by atoms with van der Waals surface area (Å²) in [5.41, 5.74) is 1.22. The third kappa shape index (κ3) is 10.8. The van der Waals surface area contributed by atoms with Gasteiger partial charge in [-0.1, -0.05) is 38.3 Å². The maximum absolute atomic E-state index is 12.7. The van der Waals surface area contributed by atoms with Gasteiger partial charge in [-0.2, -0.15) is 4.72 Å². The van der Waals surface area contributed by atoms with Crippen molar-refractivity contribution >= 4 is 27.5 Å². The van der Waals surface area contributed by atoms with Crippen molar-refractivity contribution in [1.29, 1.82) is 0 Å². The summed E-state index contributed by atoms with van der Waals surface area (Å²) in [6.45, 7) is 15.2. The molecule has 0 unspecified atom stereocenters. The molecule has 0 atom stereocenters. The van der Waals surface area contributed by atoms with E-state index in [1.54, 1.807) is 39.8 Å². The Bertz CT molecular complexity index is 984. The topological polar surface area (TPSA) is 137 Å². The minimum absolute atomic E-state index is 0.249. The number of nitrogens with zero attached hydrogens (tertiary/aromatic N) is 1. The third-order valence-corrected chi connectivity index (χ3v) is 5.24. The van der Waals surface area contributed by atoms with Gasteiger partial charge >= 0.3 is 0 Å². The van der Waals surface area contributed by atoms with Crippen LogP contribution in [0.4, 0.5) is 0 Å². The van der Waals surface area contributed by atoms with Gasteiger partial charge < -0.3 is 5.32 Å². The van der Waals surface area contributed by atoms with E-state index in [9.17, 15) is 18.0 Å². The number of aliphatic imine (C=N–C) groups is 1. The summed E-state index contributed by atoms with van der Waals surface area (Å²) in [7, 11) is -4.03. The Balaban J connectivity index is 5.67. The Labute approximate surface area is 190 Å². The minimum atomic E-state index is -4.03. The van der Waals surface area contributed by atoms with Crippen molar-refractivity contribution in [3.8, 4) is 0 Å². The van der Waals surface area contributed by atoms with Crippen LogP contribution in [0.1, 0.15) is 41.0 Å². The Morgan fingerprint density at radius 2 is 1.81 bits per heavy atom. The number of allylic oxidation sites excluding steroid dienone is 6. The fourth-order valence-electron chi connectivity index (χ4n) is 2.40. The van der Waals surface area contributed by atoms with E-state index in [4.69, 9.17) is 5.21 Å². The number of amides is 2. The summed E-state index contributed by atoms with van der Waals surface area (Å²) in [6.07, 6.45) is 10.4. The van der Waals surface area contributed by atoms with Gasteiger partial charge in [0.15, 0.2) is 0 Å². The highest BCUT2D eigenvalue weighted by atomic mass is 32.2. The lowest BCUT2D eigenvalue weighted by Crippen LogP contribution is -2.43. The number of carbonyl (C=O) groups excluding carboxylic acids is 2. The number of rotatable bonds is 12. The molecule has 0 bridgehead atoms. The zero-order valence-electron chi connectivity index (χ0n) is 19.1. The molecule has 0 aromatic heterocycles. The number of hydrogen-bond donors (Lipinski definition) is 4. The molecule has 0 rings (SSSR count). The van der Waals surface area contributed by atoms with E-state index in [1.165, 1.54) is 29.9 Å². The zero-order valence-corrected chi connectivity index (χ0v) is 19.9. The highest BCUT2D eigenvalue weighted by molar-refractivity contribution is 7.93. The standard InChI is InChI=1S/C22H32N4O5S/c1-8-10-14-23-21(28)19(11-9-2)18(5)24-22(6,7)26-32(30,31)17(4)15-16(3)12-13-20(27)25-29/h8,10-15,26,29H,1,4,9H2,2-3,5-7H3,(H,23,28)(H,25,27)/b13-12+,14-10+,16-15+,19-11+,24-18-. The third-order valence-electron chi connectivity index (χ3n) is 3.66. The largest absolute Gasteiger partial charge is 0.329 e. The smallest absolute Gasteiger partial charge is 0.267 e. The van der Waals surface area contributed by atoms with Crippen molar-refractivity contribution in [3.63, 3.8) is 0 Å². The quantitative estimate of drug-likeness (QED) is 0.116. The van der Waals surface area contributed by atoms with Gasteiger partial charge in [0.25, 0.3) is 11.8 Å². The fourth-order valence-corrected chi connectivity index (χ4v) is 3.57. The lowest BCUT2D eigenvalue weighted by Gasteiger charge is -2.23. The molecule has 0 aromatic carbocycles. The van der Waals surface area contributed by atoms with Gasteiger partial charge in [-0.25, -0.2) is 13.9 Å². The van der Waals surface area contributed by atoms with E-state index in [0.717, 1.165) is 6.08 Å². The SMILES string of the molecule is C=C/C=C/NC(=O)C(=C/CC)/C(C)=N\C(C)(C)NS(=O)(=O)C(=C)/C=C(C)/C=C/C(=O)NO. The van der Waals surface area contributed by atoms with Crippen molar-refractivity contribution in [1.82, 2.24) is 15.5 Å². The number of carbonyl (C=O) groups is 2. The first-order valence-corrected chi connectivity index (χ1v) is 11.2. The Morgan fingerprint density at radius 3 is 2.34 bits per heavy atom. The molecule has 0 saturated carbocycles. The summed E-state index contributed by atoms with van der Waals surface area (Å²) >= 11 is 0. The highest BCUT2D eigenvalue weighted by Crippen LogP contribution is 2.16. The van der Waals surface area contributed by atoms with Crippen LogP contribution < -0.4 is 15.5 Å². The van der Waals surface area contributed by atoms with E-state index < -0.39 is 21.6 Å². The van der Waals surface area contributed by atoms with E-state index in [0.29, 0.717) is 23.3 Å². The molecule has 0 spiro atoms. The van der Waals surface area contributed by atoms with Crippen molar-refractivity contribution in [2.24, 2.45) is 4.99 Å². The lowest BCUT2D eigenvalue weighted by atomic mass is 10.1. The number of hydrogen-bond acceptors (Lipinski definition) is 6. The van der Waals surface area contributed by atoms with Crippen LogP contribution in [0.5, 0.6) is 0 Å². The number of hydroxylamine groups is 1. The van der Waals surface area contributed by atoms with Crippen LogP contribution in [0.2, 0.25) is 0 Å². The monoisotopic (exact) mass is 464 g/mol. The molecular formula is C22H32N4O5S. The second-order valence-corrected chi connectivity index (χ2v) is 8.86. The van der Waals surface area contributed by atoms with E-state index in [2.05, 4.69) is 28.2 Å². The van der Waals surface area contributed by atoms with Crippen LogP contribution in [0.15, 0.2) is 76.9 Å². The Hall–Kier alpha value is -3.08. The maximum Gasteiger partial charge on any atom is 0.267 e. The molecule has 176 valence electrons. The van der Waals surface area contributed by atoms with Crippen molar-refractivity contribution < 1.29 is 23.2 Å². The average molecular weight is 465 g/mol. The summed E-state index contributed by atoms with van der Waals surface area (Å²) in [4.78, 5) is 27.6. The molecule has 0 aromatic rings. The molecule has 0 aliphatic rings. The first-order valence-electron chi connectivity index (χ1n) is 9.68. The first kappa shape index (κ1) is 28.9. The Morgan fingerprint density at radius 1 is 1.19 bits per heavy atom. The Kier molecular flexibility index (Phi) is 12.1. The molecule has 32 heavy (non-hydrogen) atoms. The van der Waals surface area contributed by atoms with Crippen LogP contribution in [-0.4, -0.2) is 36.8 Å². The van der Waals surface area contributed by atoms with E-state index in [1.807, 2.05) is 6.92 Å². The van der Waals surface area contributed by atoms with Gasteiger partial charge in [-0.15, -0.1) is 0 Å². The average Bonchev–Trinajstić information content (AvgIpc) is 2.68. The van der Waals surface area contributed by atoms with Gasteiger partial charge in [-0.05, 0) is 51.8 Å². The molecule has 0 radical (unpaired) electrons. The lowest BCUT2D eigenvalue weighted by molar-refractivity contribution is -0.124. The van der Waals surface area contributed by atoms with Gasteiger partial charge in [0.1, 0.15) is 5.66 Å². The number of nitrogens with one attached hydrogen (secondary N) is 3. The van der Waals surface area contributed by atoms with Crippen molar-refractivity contribution in [2.45, 2.75) is 46.7 Å². The van der Waals surface area contributed by atoms with Crippen LogP contribution in [0, 0.1) is 0 Å². The molecule has 2 amide bonds. The predicted molar refractivity (Wildman–Crippen MR) is 127 cm³/mol. The van der Waals surface area contributed by atoms with Gasteiger partial charge in [0, 0.05) is 18.0 Å². The highest BCUT2D eigenvalue weighted by Gasteiger charge is 2.26. The molecule has 0 fully saturated rings. The second-order valence-electron chi connectivity index (χ2n) is 7.12. The van der Waals surface area contributed by atoms with Crippen LogP contribution in [0.3, 0.4) is 0 Å². The summed E-state index contributed by atoms with van der Waals surface area (Å²) in [5.74, 6) is -1.14. The molecule has 0 aliphatic carbocycles. The molecular weight excluding hydrogens is 432 g/mol. The predicted octanol–water partition coefficient (Wildman–Crippen LogP) is 2.78. The van der Waals surface area contributed by atoms with Gasteiger partial charge in [-0.3, -0.25) is 19.8 Å². The second kappa shape index (κ2) is 13.4. The normalized spacial score (nSPS) is 14.0. The fraction of sp³-hybridized carbons (Fsp3) is 0.318.